The monoisotopic (exact) mass is 225 g/mol. The van der Waals surface area contributed by atoms with Crippen molar-refractivity contribution in [1.29, 1.82) is 0 Å². The summed E-state index contributed by atoms with van der Waals surface area (Å²) in [5.74, 6) is 0.328. The molecule has 0 amide bonds. The van der Waals surface area contributed by atoms with Crippen LogP contribution in [0.15, 0.2) is 6.20 Å². The van der Waals surface area contributed by atoms with Gasteiger partial charge in [0.25, 0.3) is 0 Å². The summed E-state index contributed by atoms with van der Waals surface area (Å²) in [5.41, 5.74) is 3.03. The molecule has 0 saturated carbocycles. The van der Waals surface area contributed by atoms with Gasteiger partial charge in [-0.25, -0.2) is 5.01 Å². The fourth-order valence-electron chi connectivity index (χ4n) is 1.84. The molecule has 2 heterocycles. The van der Waals surface area contributed by atoms with Crippen molar-refractivity contribution in [3.63, 3.8) is 0 Å². The second-order valence-corrected chi connectivity index (χ2v) is 3.95. The smallest absolute Gasteiger partial charge is 0.296 e. The van der Waals surface area contributed by atoms with Gasteiger partial charge in [-0.05, 0) is 12.8 Å². The van der Waals surface area contributed by atoms with E-state index in [-0.39, 0.29) is 5.69 Å². The zero-order valence-corrected chi connectivity index (χ0v) is 9.22. The highest BCUT2D eigenvalue weighted by Crippen LogP contribution is 2.22. The fraction of sp³-hybridized carbons (Fsp3) is 0.667. The lowest BCUT2D eigenvalue weighted by molar-refractivity contribution is -0.384. The molecule has 0 bridgehead atoms. The zero-order valence-electron chi connectivity index (χ0n) is 9.22. The van der Waals surface area contributed by atoms with Crippen molar-refractivity contribution in [2.75, 3.05) is 18.5 Å². The predicted octanol–water partition coefficient (Wildman–Crippen LogP) is 1.14. The van der Waals surface area contributed by atoms with Crippen LogP contribution in [-0.4, -0.2) is 32.8 Å². The van der Waals surface area contributed by atoms with Crippen molar-refractivity contribution in [3.8, 4) is 0 Å². The van der Waals surface area contributed by atoms with Crippen LogP contribution >= 0.6 is 0 Å². The molecular weight excluding hydrogens is 210 g/mol. The summed E-state index contributed by atoms with van der Waals surface area (Å²) in [6.07, 6.45) is 4.87. The van der Waals surface area contributed by atoms with E-state index in [1.807, 2.05) is 5.01 Å². The molecule has 1 aliphatic rings. The van der Waals surface area contributed by atoms with Crippen molar-refractivity contribution in [2.45, 2.75) is 19.3 Å². The van der Waals surface area contributed by atoms with E-state index in [2.05, 4.69) is 10.5 Å². The first-order valence-corrected chi connectivity index (χ1v) is 5.36. The van der Waals surface area contributed by atoms with Crippen LogP contribution in [0, 0.1) is 10.1 Å². The summed E-state index contributed by atoms with van der Waals surface area (Å²) >= 11 is 0. The Morgan fingerprint density at radius 2 is 2.12 bits per heavy atom. The summed E-state index contributed by atoms with van der Waals surface area (Å²) < 4.78 is 1.45. The maximum Gasteiger partial charge on any atom is 0.332 e. The summed E-state index contributed by atoms with van der Waals surface area (Å²) in [6.45, 7) is 1.82. The van der Waals surface area contributed by atoms with E-state index in [9.17, 15) is 10.1 Å². The minimum atomic E-state index is -0.417. The molecule has 1 N–H and O–H groups in total. The number of nitrogens with one attached hydrogen (secondary N) is 1. The predicted molar refractivity (Wildman–Crippen MR) is 58.9 cm³/mol. The third-order valence-electron chi connectivity index (χ3n) is 2.63. The minimum absolute atomic E-state index is 0.0214. The molecule has 0 spiro atoms. The molecule has 0 aliphatic carbocycles. The number of hydrogen-bond acceptors (Lipinski definition) is 5. The van der Waals surface area contributed by atoms with Gasteiger partial charge in [0, 0.05) is 20.1 Å². The Hall–Kier alpha value is -1.63. The lowest BCUT2D eigenvalue weighted by Gasteiger charge is -2.26. The van der Waals surface area contributed by atoms with E-state index in [0.29, 0.717) is 5.82 Å². The fourth-order valence-corrected chi connectivity index (χ4v) is 1.84. The summed E-state index contributed by atoms with van der Waals surface area (Å²) in [5, 5.41) is 16.8. The molecule has 1 fully saturated rings. The van der Waals surface area contributed by atoms with Gasteiger partial charge in [-0.3, -0.25) is 20.2 Å². The Kier molecular flexibility index (Phi) is 3.04. The third-order valence-corrected chi connectivity index (χ3v) is 2.63. The van der Waals surface area contributed by atoms with E-state index in [0.717, 1.165) is 25.9 Å². The van der Waals surface area contributed by atoms with Crippen molar-refractivity contribution in [2.24, 2.45) is 7.05 Å². The molecule has 1 saturated heterocycles. The van der Waals surface area contributed by atoms with Gasteiger partial charge in [-0.2, -0.15) is 0 Å². The van der Waals surface area contributed by atoms with E-state index in [4.69, 9.17) is 0 Å². The van der Waals surface area contributed by atoms with Gasteiger partial charge in [-0.15, -0.1) is 5.10 Å². The number of nitrogens with zero attached hydrogens (tertiary/aromatic N) is 4. The highest BCUT2D eigenvalue weighted by Gasteiger charge is 2.21. The molecule has 0 radical (unpaired) electrons. The number of rotatable bonds is 3. The minimum Gasteiger partial charge on any atom is -0.296 e. The van der Waals surface area contributed by atoms with Crippen LogP contribution in [0.4, 0.5) is 11.5 Å². The van der Waals surface area contributed by atoms with Gasteiger partial charge in [0.05, 0.1) is 4.92 Å². The average Bonchev–Trinajstić information content (AvgIpc) is 2.61. The molecule has 7 nitrogen and oxygen atoms in total. The molecule has 0 aromatic carbocycles. The summed E-state index contributed by atoms with van der Waals surface area (Å²) in [7, 11) is 1.67. The number of hydrazine groups is 1. The lowest BCUT2D eigenvalue weighted by Crippen LogP contribution is -2.35. The van der Waals surface area contributed by atoms with E-state index < -0.39 is 4.92 Å². The van der Waals surface area contributed by atoms with Gasteiger partial charge in [-0.1, -0.05) is 6.42 Å². The third kappa shape index (κ3) is 2.30. The summed E-state index contributed by atoms with van der Waals surface area (Å²) in [6, 6.07) is 0. The molecule has 0 atom stereocenters. The Bertz CT molecular complexity index is 383. The molecule has 0 unspecified atom stereocenters. The first kappa shape index (κ1) is 10.9. The molecule has 7 heteroatoms. The van der Waals surface area contributed by atoms with Crippen LogP contribution in [0.5, 0.6) is 0 Å². The zero-order chi connectivity index (χ0) is 11.5. The van der Waals surface area contributed by atoms with Gasteiger partial charge >= 0.3 is 5.69 Å². The van der Waals surface area contributed by atoms with Crippen LogP contribution in [0.1, 0.15) is 19.3 Å². The van der Waals surface area contributed by atoms with Gasteiger partial charge in [0.15, 0.2) is 0 Å². The first-order chi connectivity index (χ1) is 7.66. The van der Waals surface area contributed by atoms with Crippen LogP contribution in [0.3, 0.4) is 0 Å². The number of nitro groups is 1. The van der Waals surface area contributed by atoms with Crippen LogP contribution in [0.25, 0.3) is 0 Å². The first-order valence-electron chi connectivity index (χ1n) is 5.36. The van der Waals surface area contributed by atoms with Gasteiger partial charge in [0.2, 0.25) is 5.82 Å². The molecule has 1 aromatic heterocycles. The van der Waals surface area contributed by atoms with E-state index in [1.54, 1.807) is 7.05 Å². The molecule has 1 aromatic rings. The van der Waals surface area contributed by atoms with Gasteiger partial charge in [0.1, 0.15) is 6.20 Å². The number of aryl methyl sites for hydroxylation is 1. The highest BCUT2D eigenvalue weighted by atomic mass is 16.6. The number of aromatic nitrogens is 2. The van der Waals surface area contributed by atoms with Gasteiger partial charge < -0.3 is 0 Å². The Labute approximate surface area is 93.2 Å². The van der Waals surface area contributed by atoms with Crippen molar-refractivity contribution in [3.05, 3.63) is 16.3 Å². The second-order valence-electron chi connectivity index (χ2n) is 3.95. The molecule has 16 heavy (non-hydrogen) atoms. The SMILES string of the molecule is Cn1cc([N+](=O)[O-])c(NN2CCCCC2)n1. The molecule has 88 valence electrons. The topological polar surface area (TPSA) is 76.2 Å². The quantitative estimate of drug-likeness (QED) is 0.616. The maximum absolute atomic E-state index is 10.8. The van der Waals surface area contributed by atoms with E-state index >= 15 is 0 Å². The van der Waals surface area contributed by atoms with E-state index in [1.165, 1.54) is 17.3 Å². The number of hydrogen-bond donors (Lipinski definition) is 1. The Balaban J connectivity index is 2.10. The second kappa shape index (κ2) is 4.48. The standard InChI is InChI=1S/C9H15N5O2/c1-12-7-8(14(15)16)9(10-12)11-13-5-3-2-4-6-13/h7H,2-6H2,1H3,(H,10,11). The molecular formula is C9H15N5O2. The van der Waals surface area contributed by atoms with Crippen LogP contribution in [-0.2, 0) is 7.05 Å². The maximum atomic E-state index is 10.8. The largest absolute Gasteiger partial charge is 0.332 e. The van der Waals surface area contributed by atoms with Crippen LogP contribution in [0.2, 0.25) is 0 Å². The Morgan fingerprint density at radius 1 is 1.44 bits per heavy atom. The average molecular weight is 225 g/mol. The van der Waals surface area contributed by atoms with Crippen molar-refractivity contribution < 1.29 is 4.92 Å². The van der Waals surface area contributed by atoms with Crippen molar-refractivity contribution in [1.82, 2.24) is 14.8 Å². The number of anilines is 1. The summed E-state index contributed by atoms with van der Waals surface area (Å²) in [4.78, 5) is 10.4. The van der Waals surface area contributed by atoms with Crippen LogP contribution < -0.4 is 5.43 Å². The highest BCUT2D eigenvalue weighted by molar-refractivity contribution is 5.53. The normalized spacial score (nSPS) is 17.3. The van der Waals surface area contributed by atoms with Crippen molar-refractivity contribution >= 4 is 11.5 Å². The molecule has 1 aliphatic heterocycles. The Morgan fingerprint density at radius 3 is 2.75 bits per heavy atom. The molecule has 2 rings (SSSR count). The lowest BCUT2D eigenvalue weighted by atomic mass is 10.2. The number of piperidine rings is 1.